The average molecular weight is 306 g/mol. The highest BCUT2D eigenvalue weighted by Crippen LogP contribution is 2.18. The fourth-order valence-electron chi connectivity index (χ4n) is 2.06. The van der Waals surface area contributed by atoms with Crippen LogP contribution in [0, 0.1) is 0 Å². The van der Waals surface area contributed by atoms with Gasteiger partial charge < -0.3 is 10.1 Å². The molecule has 5 heteroatoms. The predicted molar refractivity (Wildman–Crippen MR) is 88.1 cm³/mol. The summed E-state index contributed by atoms with van der Waals surface area (Å²) in [6, 6.07) is 10.00. The molecule has 4 nitrogen and oxygen atoms in total. The zero-order valence-corrected chi connectivity index (χ0v) is 13.6. The maximum absolute atomic E-state index is 12.0. The van der Waals surface area contributed by atoms with Crippen LogP contribution in [-0.4, -0.2) is 35.1 Å². The third kappa shape index (κ3) is 5.42. The Kier molecular flexibility index (Phi) is 5.28. The summed E-state index contributed by atoms with van der Waals surface area (Å²) in [5, 5.41) is 3.94. The van der Waals surface area contributed by atoms with E-state index in [9.17, 15) is 4.79 Å². The van der Waals surface area contributed by atoms with Crippen LogP contribution in [0.25, 0.3) is 0 Å². The molecule has 0 spiro atoms. The lowest BCUT2D eigenvalue weighted by Crippen LogP contribution is -2.43. The van der Waals surface area contributed by atoms with Crippen molar-refractivity contribution in [2.75, 3.05) is 12.3 Å². The van der Waals surface area contributed by atoms with Gasteiger partial charge in [0.1, 0.15) is 5.60 Å². The highest BCUT2D eigenvalue weighted by Gasteiger charge is 2.25. The van der Waals surface area contributed by atoms with Crippen molar-refractivity contribution in [3.8, 4) is 0 Å². The van der Waals surface area contributed by atoms with E-state index < -0.39 is 11.7 Å². The third-order valence-electron chi connectivity index (χ3n) is 2.88. The minimum atomic E-state index is -0.494. The number of nitrogens with zero attached hydrogens (tertiary/aromatic N) is 1. The van der Waals surface area contributed by atoms with E-state index in [4.69, 9.17) is 4.74 Å². The van der Waals surface area contributed by atoms with E-state index in [0.717, 1.165) is 23.8 Å². The fraction of sp³-hybridized carbons (Fsp3) is 0.500. The molecule has 1 amide bonds. The van der Waals surface area contributed by atoms with E-state index in [1.165, 1.54) is 5.56 Å². The maximum Gasteiger partial charge on any atom is 0.408 e. The molecule has 1 heterocycles. The van der Waals surface area contributed by atoms with Gasteiger partial charge in [0.2, 0.25) is 0 Å². The topological polar surface area (TPSA) is 50.7 Å². The molecule has 0 saturated carbocycles. The van der Waals surface area contributed by atoms with Gasteiger partial charge in [-0.25, -0.2) is 4.79 Å². The van der Waals surface area contributed by atoms with Gasteiger partial charge in [0.25, 0.3) is 0 Å². The molecular formula is C16H22N2O2S. The van der Waals surface area contributed by atoms with E-state index in [0.29, 0.717) is 0 Å². The second-order valence-electron chi connectivity index (χ2n) is 5.96. The van der Waals surface area contributed by atoms with Crippen molar-refractivity contribution in [2.45, 2.75) is 38.8 Å². The van der Waals surface area contributed by atoms with Gasteiger partial charge >= 0.3 is 6.09 Å². The first-order valence-electron chi connectivity index (χ1n) is 7.14. The molecule has 21 heavy (non-hydrogen) atoms. The number of nitrogens with one attached hydrogen (secondary N) is 1. The Hall–Kier alpha value is -1.49. The van der Waals surface area contributed by atoms with Gasteiger partial charge in [-0.2, -0.15) is 0 Å². The number of ether oxygens (including phenoxy) is 1. The lowest BCUT2D eigenvalue weighted by Gasteiger charge is -2.23. The SMILES string of the molecule is CC(C)(C)OC(=O)NC(Cc1ccccc1)C1=NCCS1. The summed E-state index contributed by atoms with van der Waals surface area (Å²) in [5.41, 5.74) is 0.681. The summed E-state index contributed by atoms with van der Waals surface area (Å²) < 4.78 is 5.35. The lowest BCUT2D eigenvalue weighted by molar-refractivity contribution is 0.0518. The summed E-state index contributed by atoms with van der Waals surface area (Å²) in [6.45, 7) is 6.41. The molecule has 1 aliphatic rings. The minimum absolute atomic E-state index is 0.116. The van der Waals surface area contributed by atoms with Crippen molar-refractivity contribution in [3.63, 3.8) is 0 Å². The number of thioether (sulfide) groups is 1. The van der Waals surface area contributed by atoms with Gasteiger partial charge in [-0.15, -0.1) is 11.8 Å². The largest absolute Gasteiger partial charge is 0.444 e. The monoisotopic (exact) mass is 306 g/mol. The van der Waals surface area contributed by atoms with Crippen LogP contribution < -0.4 is 5.32 Å². The van der Waals surface area contributed by atoms with Crippen molar-refractivity contribution < 1.29 is 9.53 Å². The number of hydrogen-bond acceptors (Lipinski definition) is 4. The van der Waals surface area contributed by atoms with E-state index in [2.05, 4.69) is 22.4 Å². The van der Waals surface area contributed by atoms with Gasteiger partial charge in [-0.3, -0.25) is 4.99 Å². The van der Waals surface area contributed by atoms with Crippen LogP contribution in [0.2, 0.25) is 0 Å². The molecule has 1 aromatic rings. The van der Waals surface area contributed by atoms with Crippen LogP contribution in [0.1, 0.15) is 26.3 Å². The summed E-state index contributed by atoms with van der Waals surface area (Å²) in [7, 11) is 0. The maximum atomic E-state index is 12.0. The van der Waals surface area contributed by atoms with Crippen LogP contribution in [0.15, 0.2) is 35.3 Å². The number of amides is 1. The first-order chi connectivity index (χ1) is 9.94. The number of rotatable bonds is 4. The molecule has 0 radical (unpaired) electrons. The number of aliphatic imine (C=N–C) groups is 1. The van der Waals surface area contributed by atoms with Crippen molar-refractivity contribution in [2.24, 2.45) is 4.99 Å². The van der Waals surface area contributed by atoms with Gasteiger partial charge in [-0.05, 0) is 32.8 Å². The number of benzene rings is 1. The molecule has 0 aliphatic carbocycles. The number of hydrogen-bond donors (Lipinski definition) is 1. The predicted octanol–water partition coefficient (Wildman–Crippen LogP) is 3.27. The Morgan fingerprint density at radius 3 is 2.67 bits per heavy atom. The molecule has 0 bridgehead atoms. The average Bonchev–Trinajstić information content (AvgIpc) is 2.90. The number of carbonyl (C=O) groups is 1. The molecule has 2 rings (SSSR count). The molecule has 1 atom stereocenters. The molecular weight excluding hydrogens is 284 g/mol. The molecule has 0 fully saturated rings. The summed E-state index contributed by atoms with van der Waals surface area (Å²) in [4.78, 5) is 16.5. The molecule has 1 N–H and O–H groups in total. The van der Waals surface area contributed by atoms with Crippen molar-refractivity contribution in [1.29, 1.82) is 0 Å². The number of alkyl carbamates (subject to hydrolysis) is 1. The normalized spacial score (nSPS) is 16.2. The summed E-state index contributed by atoms with van der Waals surface area (Å²) in [5.74, 6) is 0.983. The number of carbonyl (C=O) groups excluding carboxylic acids is 1. The Labute approximate surface area is 130 Å². The highest BCUT2D eigenvalue weighted by atomic mass is 32.2. The Morgan fingerprint density at radius 1 is 1.38 bits per heavy atom. The van der Waals surface area contributed by atoms with E-state index in [1.54, 1.807) is 11.8 Å². The van der Waals surface area contributed by atoms with Crippen LogP contribution >= 0.6 is 11.8 Å². The third-order valence-corrected chi connectivity index (χ3v) is 3.98. The molecule has 0 saturated heterocycles. The second kappa shape index (κ2) is 6.98. The van der Waals surface area contributed by atoms with Gasteiger partial charge in [0.05, 0.1) is 11.1 Å². The Balaban J connectivity index is 2.04. The standard InChI is InChI=1S/C16H22N2O2S/c1-16(2,3)20-15(19)18-13(14-17-9-10-21-14)11-12-7-5-4-6-8-12/h4-8,13H,9-11H2,1-3H3,(H,18,19). The molecule has 1 aliphatic heterocycles. The van der Waals surface area contributed by atoms with Gasteiger partial charge in [0.15, 0.2) is 0 Å². The first-order valence-corrected chi connectivity index (χ1v) is 8.13. The van der Waals surface area contributed by atoms with Crippen molar-refractivity contribution in [1.82, 2.24) is 5.32 Å². The summed E-state index contributed by atoms with van der Waals surface area (Å²) >= 11 is 1.71. The Bertz CT molecular complexity index is 509. The van der Waals surface area contributed by atoms with E-state index in [1.807, 2.05) is 39.0 Å². The van der Waals surface area contributed by atoms with Gasteiger partial charge in [-0.1, -0.05) is 30.3 Å². The smallest absolute Gasteiger partial charge is 0.408 e. The van der Waals surface area contributed by atoms with Crippen LogP contribution in [0.5, 0.6) is 0 Å². The molecule has 0 aromatic heterocycles. The molecule has 1 aromatic carbocycles. The Morgan fingerprint density at radius 2 is 2.10 bits per heavy atom. The lowest BCUT2D eigenvalue weighted by atomic mass is 10.1. The van der Waals surface area contributed by atoms with E-state index >= 15 is 0 Å². The van der Waals surface area contributed by atoms with Crippen molar-refractivity contribution >= 4 is 22.9 Å². The summed E-state index contributed by atoms with van der Waals surface area (Å²) in [6.07, 6.45) is 0.338. The molecule has 1 unspecified atom stereocenters. The zero-order valence-electron chi connectivity index (χ0n) is 12.8. The second-order valence-corrected chi connectivity index (χ2v) is 7.07. The quantitative estimate of drug-likeness (QED) is 0.929. The van der Waals surface area contributed by atoms with Crippen LogP contribution in [0.3, 0.4) is 0 Å². The van der Waals surface area contributed by atoms with Crippen LogP contribution in [-0.2, 0) is 11.2 Å². The highest BCUT2D eigenvalue weighted by molar-refractivity contribution is 8.14. The van der Waals surface area contributed by atoms with Crippen LogP contribution in [0.4, 0.5) is 4.79 Å². The minimum Gasteiger partial charge on any atom is -0.444 e. The first kappa shape index (κ1) is 15.9. The zero-order chi connectivity index (χ0) is 15.3. The fourth-order valence-corrected chi connectivity index (χ4v) is 2.98. The van der Waals surface area contributed by atoms with Crippen molar-refractivity contribution in [3.05, 3.63) is 35.9 Å². The van der Waals surface area contributed by atoms with Gasteiger partial charge in [0, 0.05) is 12.3 Å². The molecule has 114 valence electrons. The van der Waals surface area contributed by atoms with E-state index in [-0.39, 0.29) is 6.04 Å².